The molecule has 0 aliphatic heterocycles. The second kappa shape index (κ2) is 8.15. The van der Waals surface area contributed by atoms with Gasteiger partial charge < -0.3 is 9.84 Å². The molecule has 0 unspecified atom stereocenters. The van der Waals surface area contributed by atoms with Gasteiger partial charge in [0.15, 0.2) is 0 Å². The maximum Gasteiger partial charge on any atom is 0.119 e. The van der Waals surface area contributed by atoms with Crippen LogP contribution in [-0.2, 0) is 0 Å². The zero-order chi connectivity index (χ0) is 13.4. The van der Waals surface area contributed by atoms with Crippen LogP contribution < -0.4 is 4.74 Å². The lowest BCUT2D eigenvalue weighted by Gasteiger charge is -2.15. The van der Waals surface area contributed by atoms with Gasteiger partial charge in [0.05, 0.1) is 12.7 Å². The molecule has 102 valence electrons. The second-order valence-electron chi connectivity index (χ2n) is 4.87. The number of ether oxygens (including phenoxy) is 1. The van der Waals surface area contributed by atoms with Crippen LogP contribution in [0.25, 0.3) is 0 Å². The molecule has 1 aromatic carbocycles. The molecule has 0 radical (unpaired) electrons. The van der Waals surface area contributed by atoms with Gasteiger partial charge in [0.2, 0.25) is 0 Å². The fraction of sp³-hybridized carbons (Fsp3) is 0.625. The van der Waals surface area contributed by atoms with Crippen LogP contribution in [0.1, 0.15) is 58.1 Å². The van der Waals surface area contributed by atoms with Crippen LogP contribution in [0.15, 0.2) is 24.3 Å². The minimum atomic E-state index is -0.369. The molecule has 0 bridgehead atoms. The van der Waals surface area contributed by atoms with E-state index in [-0.39, 0.29) is 6.10 Å². The molecule has 0 aliphatic rings. The van der Waals surface area contributed by atoms with Gasteiger partial charge in [-0.2, -0.15) is 0 Å². The first-order valence-corrected chi connectivity index (χ1v) is 7.12. The summed E-state index contributed by atoms with van der Waals surface area (Å²) in [5.41, 5.74) is 0.957. The van der Waals surface area contributed by atoms with Crippen molar-refractivity contribution in [1.29, 1.82) is 0 Å². The highest BCUT2D eigenvalue weighted by Gasteiger charge is 2.08. The van der Waals surface area contributed by atoms with E-state index in [4.69, 9.17) is 4.74 Å². The Kier molecular flexibility index (Phi) is 6.81. The Morgan fingerprint density at radius 1 is 1.17 bits per heavy atom. The fourth-order valence-corrected chi connectivity index (χ4v) is 1.99. The van der Waals surface area contributed by atoms with Crippen molar-refractivity contribution in [3.63, 3.8) is 0 Å². The van der Waals surface area contributed by atoms with Gasteiger partial charge in [-0.3, -0.25) is 0 Å². The molecule has 1 N–H and O–H groups in total. The first kappa shape index (κ1) is 15.0. The van der Waals surface area contributed by atoms with Gasteiger partial charge in [0.1, 0.15) is 5.75 Å². The van der Waals surface area contributed by atoms with Gasteiger partial charge >= 0.3 is 0 Å². The van der Waals surface area contributed by atoms with E-state index in [0.29, 0.717) is 5.92 Å². The Balaban J connectivity index is 2.59. The van der Waals surface area contributed by atoms with Crippen molar-refractivity contribution >= 4 is 0 Å². The number of benzene rings is 1. The number of hydrogen-bond donors (Lipinski definition) is 1. The highest BCUT2D eigenvalue weighted by Crippen LogP contribution is 2.23. The molecule has 0 fully saturated rings. The highest BCUT2D eigenvalue weighted by atomic mass is 16.5. The summed E-state index contributed by atoms with van der Waals surface area (Å²) in [7, 11) is 0. The van der Waals surface area contributed by atoms with Crippen LogP contribution in [-0.4, -0.2) is 11.7 Å². The van der Waals surface area contributed by atoms with Crippen LogP contribution in [0.2, 0.25) is 0 Å². The zero-order valence-electron chi connectivity index (χ0n) is 11.9. The molecule has 2 heteroatoms. The lowest BCUT2D eigenvalue weighted by atomic mass is 10.0. The molecule has 1 aromatic rings. The summed E-state index contributed by atoms with van der Waals surface area (Å²) in [4.78, 5) is 0. The van der Waals surface area contributed by atoms with Crippen molar-refractivity contribution in [2.24, 2.45) is 5.92 Å². The Hall–Kier alpha value is -1.02. The largest absolute Gasteiger partial charge is 0.493 e. The summed E-state index contributed by atoms with van der Waals surface area (Å²) >= 11 is 0. The molecule has 1 atom stereocenters. The zero-order valence-corrected chi connectivity index (χ0v) is 11.9. The molecule has 0 amide bonds. The standard InChI is InChI=1S/C16H26O2/c1-4-8-16(17)14-9-7-10-15(11-14)18-12-13(5-2)6-3/h7,9-11,13,16-17H,4-6,8,12H2,1-3H3/t16-/m1/s1. The Morgan fingerprint density at radius 2 is 1.89 bits per heavy atom. The Bertz CT molecular complexity index is 332. The van der Waals surface area contributed by atoms with Crippen LogP contribution in [0, 0.1) is 5.92 Å². The summed E-state index contributed by atoms with van der Waals surface area (Å²) in [6.07, 6.45) is 3.71. The molecule has 18 heavy (non-hydrogen) atoms. The SMILES string of the molecule is CCC[C@@H](O)c1cccc(OCC(CC)CC)c1. The smallest absolute Gasteiger partial charge is 0.119 e. The van der Waals surface area contributed by atoms with Crippen molar-refractivity contribution in [3.8, 4) is 5.75 Å². The van der Waals surface area contributed by atoms with Crippen LogP contribution in [0.4, 0.5) is 0 Å². The lowest BCUT2D eigenvalue weighted by Crippen LogP contribution is -2.10. The molecule has 0 aromatic heterocycles. The van der Waals surface area contributed by atoms with Crippen LogP contribution in [0.5, 0.6) is 5.75 Å². The average Bonchev–Trinajstić information content (AvgIpc) is 2.40. The first-order chi connectivity index (χ1) is 8.71. The minimum absolute atomic E-state index is 0.369. The van der Waals surface area contributed by atoms with E-state index < -0.39 is 0 Å². The second-order valence-corrected chi connectivity index (χ2v) is 4.87. The number of aliphatic hydroxyl groups is 1. The molecule has 0 saturated carbocycles. The first-order valence-electron chi connectivity index (χ1n) is 7.12. The van der Waals surface area contributed by atoms with Gasteiger partial charge in [-0.25, -0.2) is 0 Å². The summed E-state index contributed by atoms with van der Waals surface area (Å²) in [5, 5.41) is 9.96. The van der Waals surface area contributed by atoms with E-state index in [0.717, 1.165) is 43.6 Å². The van der Waals surface area contributed by atoms with Crippen molar-refractivity contribution in [2.75, 3.05) is 6.61 Å². The van der Waals surface area contributed by atoms with Gasteiger partial charge in [0, 0.05) is 0 Å². The fourth-order valence-electron chi connectivity index (χ4n) is 1.99. The van der Waals surface area contributed by atoms with E-state index in [1.54, 1.807) is 0 Å². The highest BCUT2D eigenvalue weighted by molar-refractivity contribution is 5.29. The third kappa shape index (κ3) is 4.69. The van der Waals surface area contributed by atoms with E-state index in [1.165, 1.54) is 0 Å². The number of hydrogen-bond acceptors (Lipinski definition) is 2. The lowest BCUT2D eigenvalue weighted by molar-refractivity contribution is 0.165. The summed E-state index contributed by atoms with van der Waals surface area (Å²) in [6, 6.07) is 7.84. The molecule has 1 rings (SSSR count). The number of aliphatic hydroxyl groups excluding tert-OH is 1. The van der Waals surface area contributed by atoms with Crippen molar-refractivity contribution in [1.82, 2.24) is 0 Å². The van der Waals surface area contributed by atoms with E-state index in [1.807, 2.05) is 24.3 Å². The predicted molar refractivity (Wildman–Crippen MR) is 75.9 cm³/mol. The van der Waals surface area contributed by atoms with E-state index in [9.17, 15) is 5.11 Å². The number of rotatable bonds is 8. The molecular formula is C16H26O2. The topological polar surface area (TPSA) is 29.5 Å². The maximum atomic E-state index is 9.96. The molecule has 0 spiro atoms. The van der Waals surface area contributed by atoms with Crippen LogP contribution >= 0.6 is 0 Å². The summed E-state index contributed by atoms with van der Waals surface area (Å²) in [6.45, 7) is 7.23. The monoisotopic (exact) mass is 250 g/mol. The van der Waals surface area contributed by atoms with Gasteiger partial charge in [-0.05, 0) is 30.0 Å². The Labute approximate surface area is 111 Å². The molecule has 0 saturated heterocycles. The summed E-state index contributed by atoms with van der Waals surface area (Å²) in [5.74, 6) is 1.49. The maximum absolute atomic E-state index is 9.96. The van der Waals surface area contributed by atoms with E-state index >= 15 is 0 Å². The van der Waals surface area contributed by atoms with Crippen molar-refractivity contribution in [3.05, 3.63) is 29.8 Å². The van der Waals surface area contributed by atoms with E-state index in [2.05, 4.69) is 20.8 Å². The average molecular weight is 250 g/mol. The minimum Gasteiger partial charge on any atom is -0.493 e. The molecule has 0 heterocycles. The quantitative estimate of drug-likeness (QED) is 0.744. The van der Waals surface area contributed by atoms with Crippen molar-refractivity contribution < 1.29 is 9.84 Å². The third-order valence-corrected chi connectivity index (χ3v) is 3.45. The predicted octanol–water partition coefficient (Wildman–Crippen LogP) is 4.34. The summed E-state index contributed by atoms with van der Waals surface area (Å²) < 4.78 is 5.81. The van der Waals surface area contributed by atoms with Gasteiger partial charge in [0.25, 0.3) is 0 Å². The van der Waals surface area contributed by atoms with Gasteiger partial charge in [-0.15, -0.1) is 0 Å². The molecule has 0 aliphatic carbocycles. The van der Waals surface area contributed by atoms with Gasteiger partial charge in [-0.1, -0.05) is 52.2 Å². The van der Waals surface area contributed by atoms with Crippen LogP contribution in [0.3, 0.4) is 0 Å². The normalized spacial score (nSPS) is 12.7. The molecular weight excluding hydrogens is 224 g/mol. The van der Waals surface area contributed by atoms with Crippen molar-refractivity contribution in [2.45, 2.75) is 52.6 Å². The third-order valence-electron chi connectivity index (χ3n) is 3.45. The molecule has 2 nitrogen and oxygen atoms in total. The Morgan fingerprint density at radius 3 is 2.50 bits per heavy atom.